The Balaban J connectivity index is 1.78. The number of thioether (sulfide) groups is 1. The van der Waals surface area contributed by atoms with Gasteiger partial charge in [-0.2, -0.15) is 0 Å². The van der Waals surface area contributed by atoms with Crippen molar-refractivity contribution in [3.63, 3.8) is 0 Å². The van der Waals surface area contributed by atoms with Gasteiger partial charge in [0, 0.05) is 10.8 Å². The number of halogens is 1. The topological polar surface area (TPSA) is 34.9 Å². The molecule has 2 aromatic heterocycles. The highest BCUT2D eigenvalue weighted by Gasteiger charge is 2.14. The van der Waals surface area contributed by atoms with Gasteiger partial charge in [0.15, 0.2) is 5.16 Å². The number of fused-ring (bicyclic) bond motifs is 1. The second-order valence-corrected chi connectivity index (χ2v) is 7.70. The molecular weight excluding hydrogens is 372 g/mol. The lowest BCUT2D eigenvalue weighted by Crippen LogP contribution is -2.21. The van der Waals surface area contributed by atoms with E-state index < -0.39 is 0 Å². The van der Waals surface area contributed by atoms with Gasteiger partial charge in [0.05, 0.1) is 11.1 Å². The molecule has 2 heterocycles. The van der Waals surface area contributed by atoms with E-state index in [2.05, 4.69) is 0 Å². The van der Waals surface area contributed by atoms with Gasteiger partial charge in [0.1, 0.15) is 4.83 Å². The molecule has 0 aliphatic rings. The maximum absolute atomic E-state index is 13.0. The van der Waals surface area contributed by atoms with Crippen molar-refractivity contribution in [2.75, 3.05) is 0 Å². The molecule has 4 aromatic rings. The molecule has 0 bridgehead atoms. The number of aromatic nitrogens is 2. The van der Waals surface area contributed by atoms with Crippen molar-refractivity contribution in [1.29, 1.82) is 0 Å². The van der Waals surface area contributed by atoms with E-state index in [-0.39, 0.29) is 5.56 Å². The van der Waals surface area contributed by atoms with E-state index in [1.165, 1.54) is 11.3 Å². The fraction of sp³-hybridized carbons (Fsp3) is 0.0526. The molecule has 3 nitrogen and oxygen atoms in total. The highest BCUT2D eigenvalue weighted by Crippen LogP contribution is 2.26. The van der Waals surface area contributed by atoms with Gasteiger partial charge in [-0.1, -0.05) is 53.7 Å². The molecule has 25 heavy (non-hydrogen) atoms. The smallest absolute Gasteiger partial charge is 0.267 e. The zero-order chi connectivity index (χ0) is 17.2. The van der Waals surface area contributed by atoms with Crippen LogP contribution in [0.2, 0.25) is 5.02 Å². The van der Waals surface area contributed by atoms with Crippen LogP contribution < -0.4 is 5.56 Å². The number of nitrogens with zero attached hydrogens (tertiary/aromatic N) is 2. The van der Waals surface area contributed by atoms with Crippen molar-refractivity contribution in [2.24, 2.45) is 0 Å². The Labute approximate surface area is 157 Å². The molecule has 0 atom stereocenters. The van der Waals surface area contributed by atoms with E-state index in [0.717, 1.165) is 16.1 Å². The highest BCUT2D eigenvalue weighted by molar-refractivity contribution is 7.98. The number of rotatable bonds is 4. The van der Waals surface area contributed by atoms with Crippen molar-refractivity contribution in [2.45, 2.75) is 10.9 Å². The third kappa shape index (κ3) is 3.35. The average molecular weight is 385 g/mol. The van der Waals surface area contributed by atoms with Crippen LogP contribution in [0.1, 0.15) is 5.56 Å². The molecule has 0 saturated heterocycles. The zero-order valence-electron chi connectivity index (χ0n) is 13.1. The molecule has 124 valence electrons. The van der Waals surface area contributed by atoms with E-state index in [9.17, 15) is 4.79 Å². The summed E-state index contributed by atoms with van der Waals surface area (Å²) in [6, 6.07) is 19.2. The van der Waals surface area contributed by atoms with Crippen LogP contribution in [0.3, 0.4) is 0 Å². The Bertz CT molecular complexity index is 1070. The average Bonchev–Trinajstić information content (AvgIpc) is 3.11. The SMILES string of the molecule is O=c1c2ccsc2nc(SCc2ccc(Cl)cc2)n1-c1ccccc1. The molecule has 0 amide bonds. The van der Waals surface area contributed by atoms with Gasteiger partial charge in [-0.3, -0.25) is 9.36 Å². The second kappa shape index (κ2) is 7.04. The lowest BCUT2D eigenvalue weighted by atomic mass is 10.2. The molecule has 0 fully saturated rings. The minimum Gasteiger partial charge on any atom is -0.268 e. The molecule has 0 N–H and O–H groups in total. The van der Waals surface area contributed by atoms with Crippen LogP contribution in [0, 0.1) is 0 Å². The fourth-order valence-corrected chi connectivity index (χ4v) is 4.42. The Morgan fingerprint density at radius 2 is 1.80 bits per heavy atom. The highest BCUT2D eigenvalue weighted by atomic mass is 35.5. The number of hydrogen-bond donors (Lipinski definition) is 0. The van der Waals surface area contributed by atoms with Crippen molar-refractivity contribution in [1.82, 2.24) is 9.55 Å². The Morgan fingerprint density at radius 1 is 1.04 bits per heavy atom. The van der Waals surface area contributed by atoms with Crippen LogP contribution in [-0.4, -0.2) is 9.55 Å². The number of hydrogen-bond acceptors (Lipinski definition) is 4. The van der Waals surface area contributed by atoms with Crippen LogP contribution in [0.15, 0.2) is 76.0 Å². The van der Waals surface area contributed by atoms with Crippen LogP contribution in [0.4, 0.5) is 0 Å². The standard InChI is InChI=1S/C19H13ClN2OS2/c20-14-8-6-13(7-9-14)12-25-19-21-17-16(10-11-24-17)18(23)22(19)15-4-2-1-3-5-15/h1-11H,12H2. The molecule has 0 saturated carbocycles. The predicted octanol–water partition coefficient (Wildman–Crippen LogP) is 5.39. The maximum atomic E-state index is 13.0. The first-order valence-corrected chi connectivity index (χ1v) is 9.89. The van der Waals surface area contributed by atoms with E-state index in [4.69, 9.17) is 16.6 Å². The minimum atomic E-state index is -0.0314. The van der Waals surface area contributed by atoms with E-state index in [1.807, 2.05) is 66.0 Å². The normalized spacial score (nSPS) is 11.1. The fourth-order valence-electron chi connectivity index (χ4n) is 2.52. The van der Waals surface area contributed by atoms with Gasteiger partial charge in [-0.25, -0.2) is 4.98 Å². The first-order valence-electron chi connectivity index (χ1n) is 7.65. The molecule has 6 heteroatoms. The number of para-hydroxylation sites is 1. The monoisotopic (exact) mass is 384 g/mol. The Morgan fingerprint density at radius 3 is 2.56 bits per heavy atom. The van der Waals surface area contributed by atoms with Gasteiger partial charge < -0.3 is 0 Å². The van der Waals surface area contributed by atoms with Gasteiger partial charge in [0.25, 0.3) is 5.56 Å². The third-order valence-electron chi connectivity index (χ3n) is 3.76. The molecule has 0 radical (unpaired) electrons. The lowest BCUT2D eigenvalue weighted by molar-refractivity contribution is 0.822. The summed E-state index contributed by atoms with van der Waals surface area (Å²) in [6.45, 7) is 0. The summed E-state index contributed by atoms with van der Waals surface area (Å²) in [5, 5.41) is 3.97. The first-order chi connectivity index (χ1) is 12.2. The lowest BCUT2D eigenvalue weighted by Gasteiger charge is -2.12. The van der Waals surface area contributed by atoms with Crippen molar-refractivity contribution >= 4 is 44.9 Å². The predicted molar refractivity (Wildman–Crippen MR) is 106 cm³/mol. The number of benzene rings is 2. The van der Waals surface area contributed by atoms with E-state index in [0.29, 0.717) is 21.3 Å². The third-order valence-corrected chi connectivity index (χ3v) is 5.83. The largest absolute Gasteiger partial charge is 0.268 e. The quantitative estimate of drug-likeness (QED) is 0.349. The van der Waals surface area contributed by atoms with Gasteiger partial charge in [-0.15, -0.1) is 11.3 Å². The van der Waals surface area contributed by atoms with Crippen LogP contribution in [0.25, 0.3) is 15.9 Å². The molecule has 0 spiro atoms. The summed E-state index contributed by atoms with van der Waals surface area (Å²) >= 11 is 8.98. The summed E-state index contributed by atoms with van der Waals surface area (Å²) in [6.07, 6.45) is 0. The molecule has 0 aliphatic heterocycles. The summed E-state index contributed by atoms with van der Waals surface area (Å²) in [7, 11) is 0. The first kappa shape index (κ1) is 16.4. The number of thiophene rings is 1. The van der Waals surface area contributed by atoms with Gasteiger partial charge in [-0.05, 0) is 41.3 Å². The molecular formula is C19H13ClN2OS2. The van der Waals surface area contributed by atoms with Crippen molar-refractivity contribution in [3.05, 3.63) is 87.0 Å². The van der Waals surface area contributed by atoms with Gasteiger partial charge >= 0.3 is 0 Å². The summed E-state index contributed by atoms with van der Waals surface area (Å²) in [5.74, 6) is 0.716. The summed E-state index contributed by atoms with van der Waals surface area (Å²) < 4.78 is 1.69. The summed E-state index contributed by atoms with van der Waals surface area (Å²) in [5.41, 5.74) is 1.93. The van der Waals surface area contributed by atoms with Crippen LogP contribution in [-0.2, 0) is 5.75 Å². The van der Waals surface area contributed by atoms with E-state index in [1.54, 1.807) is 16.3 Å². The molecule has 4 rings (SSSR count). The Hall–Kier alpha value is -2.08. The molecule has 0 unspecified atom stereocenters. The minimum absolute atomic E-state index is 0.0314. The Kier molecular flexibility index (Phi) is 4.61. The van der Waals surface area contributed by atoms with E-state index >= 15 is 0 Å². The second-order valence-electron chi connectivity index (χ2n) is 5.43. The maximum Gasteiger partial charge on any atom is 0.267 e. The molecule has 0 aliphatic carbocycles. The molecule has 2 aromatic carbocycles. The van der Waals surface area contributed by atoms with Crippen LogP contribution >= 0.6 is 34.7 Å². The van der Waals surface area contributed by atoms with Crippen molar-refractivity contribution in [3.8, 4) is 5.69 Å². The van der Waals surface area contributed by atoms with Crippen LogP contribution in [0.5, 0.6) is 0 Å². The summed E-state index contributed by atoms with van der Waals surface area (Å²) in [4.78, 5) is 18.5. The zero-order valence-corrected chi connectivity index (χ0v) is 15.4. The van der Waals surface area contributed by atoms with Gasteiger partial charge in [0.2, 0.25) is 0 Å². The van der Waals surface area contributed by atoms with Crippen molar-refractivity contribution < 1.29 is 0 Å².